The van der Waals surface area contributed by atoms with Crippen LogP contribution in [0, 0.1) is 11.3 Å². The van der Waals surface area contributed by atoms with Crippen LogP contribution >= 0.6 is 0 Å². The van der Waals surface area contributed by atoms with Gasteiger partial charge >= 0.3 is 0 Å². The molecule has 0 radical (unpaired) electrons. The molecule has 10 heavy (non-hydrogen) atoms. The first-order chi connectivity index (χ1) is 4.69. The van der Waals surface area contributed by atoms with Gasteiger partial charge in [-0.05, 0) is 24.2 Å². The highest BCUT2D eigenvalue weighted by atomic mass is 16.5. The van der Waals surface area contributed by atoms with Crippen LogP contribution in [0.4, 0.5) is 0 Å². The largest absolute Gasteiger partial charge is 0.381 e. The summed E-state index contributed by atoms with van der Waals surface area (Å²) in [5.41, 5.74) is 0.457. The Labute approximate surface area is 63.8 Å². The van der Waals surface area contributed by atoms with Crippen LogP contribution in [0.25, 0.3) is 0 Å². The lowest BCUT2D eigenvalue weighted by Gasteiger charge is -2.38. The fourth-order valence-corrected chi connectivity index (χ4v) is 1.51. The van der Waals surface area contributed by atoms with E-state index in [-0.39, 0.29) is 0 Å². The van der Waals surface area contributed by atoms with E-state index in [0.29, 0.717) is 5.41 Å². The van der Waals surface area contributed by atoms with Gasteiger partial charge in [-0.15, -0.1) is 0 Å². The first kappa shape index (κ1) is 8.06. The molecule has 1 rings (SSSR count). The Kier molecular flexibility index (Phi) is 2.35. The van der Waals surface area contributed by atoms with E-state index in [1.807, 2.05) is 0 Å². The Morgan fingerprint density at radius 3 is 2.70 bits per heavy atom. The van der Waals surface area contributed by atoms with Crippen molar-refractivity contribution in [2.75, 3.05) is 13.2 Å². The molecule has 1 heteroatoms. The fraction of sp³-hybridized carbons (Fsp3) is 1.00. The summed E-state index contributed by atoms with van der Waals surface area (Å²) in [7, 11) is 0. The van der Waals surface area contributed by atoms with E-state index in [9.17, 15) is 0 Å². The van der Waals surface area contributed by atoms with Crippen LogP contribution in [-0.2, 0) is 4.74 Å². The molecule has 1 nitrogen and oxygen atoms in total. The van der Waals surface area contributed by atoms with Gasteiger partial charge in [0, 0.05) is 6.61 Å². The normalized spacial score (nSPS) is 41.7. The molecule has 0 N–H and O–H groups in total. The van der Waals surface area contributed by atoms with Gasteiger partial charge in [0.05, 0.1) is 6.61 Å². The lowest BCUT2D eigenvalue weighted by atomic mass is 9.74. The first-order valence-corrected chi connectivity index (χ1v) is 4.27. The molecule has 0 aromatic carbocycles. The maximum absolute atomic E-state index is 5.45. The van der Waals surface area contributed by atoms with Gasteiger partial charge in [-0.25, -0.2) is 0 Å². The predicted molar refractivity (Wildman–Crippen MR) is 43.0 cm³/mol. The minimum absolute atomic E-state index is 0.457. The molecule has 2 atom stereocenters. The third kappa shape index (κ3) is 1.34. The first-order valence-electron chi connectivity index (χ1n) is 4.27. The molecule has 0 aliphatic carbocycles. The summed E-state index contributed by atoms with van der Waals surface area (Å²) in [4.78, 5) is 0. The molecule has 0 bridgehead atoms. The van der Waals surface area contributed by atoms with Gasteiger partial charge in [-0.3, -0.25) is 0 Å². The van der Waals surface area contributed by atoms with Crippen molar-refractivity contribution >= 4 is 0 Å². The average Bonchev–Trinajstić information content (AvgIpc) is 1.96. The summed E-state index contributed by atoms with van der Waals surface area (Å²) in [6, 6.07) is 0. The second-order valence-electron chi connectivity index (χ2n) is 3.75. The second-order valence-corrected chi connectivity index (χ2v) is 3.75. The predicted octanol–water partition coefficient (Wildman–Crippen LogP) is 2.46. The van der Waals surface area contributed by atoms with E-state index in [4.69, 9.17) is 4.74 Å². The third-order valence-corrected chi connectivity index (χ3v) is 3.12. The van der Waals surface area contributed by atoms with E-state index >= 15 is 0 Å². The van der Waals surface area contributed by atoms with Gasteiger partial charge < -0.3 is 4.74 Å². The van der Waals surface area contributed by atoms with Crippen LogP contribution < -0.4 is 0 Å². The van der Waals surface area contributed by atoms with Gasteiger partial charge in [-0.2, -0.15) is 0 Å². The van der Waals surface area contributed by atoms with Crippen molar-refractivity contribution in [1.82, 2.24) is 0 Å². The van der Waals surface area contributed by atoms with E-state index in [1.165, 1.54) is 12.8 Å². The van der Waals surface area contributed by atoms with Crippen molar-refractivity contribution in [3.8, 4) is 0 Å². The van der Waals surface area contributed by atoms with Crippen LogP contribution in [0.15, 0.2) is 0 Å². The molecule has 1 saturated heterocycles. The van der Waals surface area contributed by atoms with E-state index in [1.54, 1.807) is 0 Å². The maximum atomic E-state index is 5.45. The zero-order valence-corrected chi connectivity index (χ0v) is 7.31. The fourth-order valence-electron chi connectivity index (χ4n) is 1.51. The van der Waals surface area contributed by atoms with E-state index in [2.05, 4.69) is 20.8 Å². The molecule has 0 aromatic heterocycles. The lowest BCUT2D eigenvalue weighted by molar-refractivity contribution is -0.0374. The standard InChI is InChI=1S/C9H18O/c1-4-9(3)7-10-6-5-8(9)2/h8H,4-7H2,1-3H3. The second kappa shape index (κ2) is 2.91. The smallest absolute Gasteiger partial charge is 0.0522 e. The molecule has 1 aliphatic rings. The highest BCUT2D eigenvalue weighted by molar-refractivity contribution is 4.81. The number of hydrogen-bond donors (Lipinski definition) is 0. The monoisotopic (exact) mass is 142 g/mol. The lowest BCUT2D eigenvalue weighted by Crippen LogP contribution is -2.35. The summed E-state index contributed by atoms with van der Waals surface area (Å²) in [5.74, 6) is 0.839. The van der Waals surface area contributed by atoms with Crippen LogP contribution in [0.5, 0.6) is 0 Å². The molecule has 1 heterocycles. The summed E-state index contributed by atoms with van der Waals surface area (Å²) in [6.07, 6.45) is 2.48. The van der Waals surface area contributed by atoms with Crippen LogP contribution in [0.1, 0.15) is 33.6 Å². The Morgan fingerprint density at radius 2 is 2.30 bits per heavy atom. The van der Waals surface area contributed by atoms with E-state index in [0.717, 1.165) is 19.1 Å². The Bertz CT molecular complexity index is 111. The van der Waals surface area contributed by atoms with Crippen molar-refractivity contribution in [3.63, 3.8) is 0 Å². The van der Waals surface area contributed by atoms with Crippen molar-refractivity contribution in [3.05, 3.63) is 0 Å². The number of rotatable bonds is 1. The molecule has 0 amide bonds. The maximum Gasteiger partial charge on any atom is 0.0522 e. The Morgan fingerprint density at radius 1 is 1.60 bits per heavy atom. The van der Waals surface area contributed by atoms with Gasteiger partial charge in [-0.1, -0.05) is 20.8 Å². The molecule has 2 unspecified atom stereocenters. The molecule has 0 aromatic rings. The Balaban J connectivity index is 2.54. The van der Waals surface area contributed by atoms with Crippen molar-refractivity contribution in [1.29, 1.82) is 0 Å². The zero-order valence-electron chi connectivity index (χ0n) is 7.31. The topological polar surface area (TPSA) is 9.23 Å². The summed E-state index contributed by atoms with van der Waals surface area (Å²) >= 11 is 0. The van der Waals surface area contributed by atoms with Crippen LogP contribution in [0.2, 0.25) is 0 Å². The van der Waals surface area contributed by atoms with Gasteiger partial charge in [0.25, 0.3) is 0 Å². The van der Waals surface area contributed by atoms with Crippen LogP contribution in [-0.4, -0.2) is 13.2 Å². The number of hydrogen-bond acceptors (Lipinski definition) is 1. The SMILES string of the molecule is CCC1(C)COCCC1C. The highest BCUT2D eigenvalue weighted by Crippen LogP contribution is 2.36. The minimum atomic E-state index is 0.457. The van der Waals surface area contributed by atoms with Gasteiger partial charge in [0.1, 0.15) is 0 Å². The molecule has 0 spiro atoms. The van der Waals surface area contributed by atoms with Crippen molar-refractivity contribution < 1.29 is 4.74 Å². The highest BCUT2D eigenvalue weighted by Gasteiger charge is 2.32. The van der Waals surface area contributed by atoms with Gasteiger partial charge in [0.15, 0.2) is 0 Å². The zero-order chi connectivity index (χ0) is 7.61. The quantitative estimate of drug-likeness (QED) is 0.546. The molecule has 1 fully saturated rings. The number of ether oxygens (including phenoxy) is 1. The Hall–Kier alpha value is -0.0400. The molecule has 0 saturated carbocycles. The van der Waals surface area contributed by atoms with Crippen molar-refractivity contribution in [2.45, 2.75) is 33.6 Å². The summed E-state index contributed by atoms with van der Waals surface area (Å²) in [6.45, 7) is 8.86. The molecular formula is C9H18O. The summed E-state index contributed by atoms with van der Waals surface area (Å²) in [5, 5.41) is 0. The summed E-state index contributed by atoms with van der Waals surface area (Å²) < 4.78 is 5.45. The third-order valence-electron chi connectivity index (χ3n) is 3.12. The van der Waals surface area contributed by atoms with E-state index < -0.39 is 0 Å². The molecule has 60 valence electrons. The average molecular weight is 142 g/mol. The van der Waals surface area contributed by atoms with Gasteiger partial charge in [0.2, 0.25) is 0 Å². The van der Waals surface area contributed by atoms with Crippen LogP contribution in [0.3, 0.4) is 0 Å². The molecule has 1 aliphatic heterocycles. The minimum Gasteiger partial charge on any atom is -0.381 e. The molecular weight excluding hydrogens is 124 g/mol. The van der Waals surface area contributed by atoms with Crippen molar-refractivity contribution in [2.24, 2.45) is 11.3 Å².